The molecule has 134 valence electrons. The minimum absolute atomic E-state index is 0.0681. The summed E-state index contributed by atoms with van der Waals surface area (Å²) in [4.78, 5) is 22.4. The first-order chi connectivity index (χ1) is 11.8. The predicted octanol–water partition coefficient (Wildman–Crippen LogP) is 3.90. The summed E-state index contributed by atoms with van der Waals surface area (Å²) >= 11 is 8.32. The Morgan fingerprint density at radius 3 is 2.88 bits per heavy atom. The van der Waals surface area contributed by atoms with Gasteiger partial charge in [-0.1, -0.05) is 48.5 Å². The number of aromatic nitrogens is 2. The van der Waals surface area contributed by atoms with Gasteiger partial charge in [0, 0.05) is 17.6 Å². The largest absolute Gasteiger partial charge is 0.360 e. The lowest BCUT2D eigenvalue weighted by Crippen LogP contribution is -2.15. The number of nitrogens with one attached hydrogen (secondary N) is 2. The standard InChI is InChI=1S/C14H16ClN5O3S2/c1-8(2)6-16-13-18-19-14(25-13)24-7-12(21)17-10-4-3-9(15)5-11(10)20(22)23/h3-5,8H,6-7H2,1-2H3,(H,16,18)(H,17,21). The molecule has 0 saturated carbocycles. The van der Waals surface area contributed by atoms with E-state index in [1.807, 2.05) is 0 Å². The van der Waals surface area contributed by atoms with Crippen LogP contribution in [0.2, 0.25) is 5.02 Å². The number of carbonyl (C=O) groups is 1. The first kappa shape index (κ1) is 19.4. The van der Waals surface area contributed by atoms with Crippen molar-refractivity contribution < 1.29 is 9.72 Å². The quantitative estimate of drug-likeness (QED) is 0.392. The van der Waals surface area contributed by atoms with Crippen LogP contribution in [0.4, 0.5) is 16.5 Å². The molecule has 0 bridgehead atoms. The van der Waals surface area contributed by atoms with Crippen LogP contribution in [-0.4, -0.2) is 33.3 Å². The number of halogens is 1. The Morgan fingerprint density at radius 2 is 2.20 bits per heavy atom. The summed E-state index contributed by atoms with van der Waals surface area (Å²) in [6.07, 6.45) is 0. The number of carbonyl (C=O) groups excluding carboxylic acids is 1. The molecule has 1 aromatic heterocycles. The van der Waals surface area contributed by atoms with E-state index in [2.05, 4.69) is 34.7 Å². The molecule has 2 aromatic rings. The first-order valence-electron chi connectivity index (χ1n) is 7.29. The van der Waals surface area contributed by atoms with Crippen LogP contribution in [0.3, 0.4) is 0 Å². The maximum absolute atomic E-state index is 12.0. The molecule has 0 saturated heterocycles. The fourth-order valence-electron chi connectivity index (χ4n) is 1.71. The van der Waals surface area contributed by atoms with Gasteiger partial charge < -0.3 is 10.6 Å². The number of hydrogen-bond donors (Lipinski definition) is 2. The number of nitro benzene ring substituents is 1. The van der Waals surface area contributed by atoms with E-state index in [-0.39, 0.29) is 28.1 Å². The van der Waals surface area contributed by atoms with Crippen LogP contribution in [0, 0.1) is 16.0 Å². The third-order valence-corrected chi connectivity index (χ3v) is 5.07. The van der Waals surface area contributed by atoms with Gasteiger partial charge in [-0.05, 0) is 18.1 Å². The van der Waals surface area contributed by atoms with Crippen molar-refractivity contribution in [3.8, 4) is 0 Å². The van der Waals surface area contributed by atoms with Gasteiger partial charge in [-0.2, -0.15) is 0 Å². The number of nitrogens with zero attached hydrogens (tertiary/aromatic N) is 3. The number of rotatable bonds is 8. The van der Waals surface area contributed by atoms with Crippen molar-refractivity contribution in [1.82, 2.24) is 10.2 Å². The molecule has 0 aliphatic carbocycles. The number of nitro groups is 1. The maximum atomic E-state index is 12.0. The highest BCUT2D eigenvalue weighted by molar-refractivity contribution is 8.01. The van der Waals surface area contributed by atoms with Gasteiger partial charge in [0.15, 0.2) is 4.34 Å². The molecule has 2 rings (SSSR count). The van der Waals surface area contributed by atoms with Gasteiger partial charge in [0.1, 0.15) is 5.69 Å². The van der Waals surface area contributed by atoms with Gasteiger partial charge in [0.2, 0.25) is 11.0 Å². The van der Waals surface area contributed by atoms with Crippen LogP contribution in [0.1, 0.15) is 13.8 Å². The van der Waals surface area contributed by atoms with E-state index in [0.717, 1.165) is 6.54 Å². The lowest BCUT2D eigenvalue weighted by atomic mass is 10.2. The van der Waals surface area contributed by atoms with Gasteiger partial charge in [-0.25, -0.2) is 0 Å². The highest BCUT2D eigenvalue weighted by Crippen LogP contribution is 2.29. The van der Waals surface area contributed by atoms with Crippen molar-refractivity contribution in [2.45, 2.75) is 18.2 Å². The average Bonchev–Trinajstić information content (AvgIpc) is 3.00. The normalized spacial score (nSPS) is 10.7. The molecule has 0 aliphatic heterocycles. The zero-order valence-corrected chi connectivity index (χ0v) is 15.9. The molecule has 2 N–H and O–H groups in total. The van der Waals surface area contributed by atoms with Gasteiger partial charge in [-0.15, -0.1) is 10.2 Å². The van der Waals surface area contributed by atoms with Crippen LogP contribution in [-0.2, 0) is 4.79 Å². The molecule has 0 atom stereocenters. The van der Waals surface area contributed by atoms with E-state index in [4.69, 9.17) is 11.6 Å². The smallest absolute Gasteiger partial charge is 0.294 e. The summed E-state index contributed by atoms with van der Waals surface area (Å²) in [5, 5.41) is 25.6. The Hall–Kier alpha value is -1.91. The number of benzene rings is 1. The Morgan fingerprint density at radius 1 is 1.44 bits per heavy atom. The van der Waals surface area contributed by atoms with E-state index in [1.54, 1.807) is 0 Å². The van der Waals surface area contributed by atoms with Crippen molar-refractivity contribution in [1.29, 1.82) is 0 Å². The molecule has 1 amide bonds. The Bertz CT molecular complexity index is 769. The van der Waals surface area contributed by atoms with Crippen LogP contribution in [0.25, 0.3) is 0 Å². The van der Waals surface area contributed by atoms with Crippen molar-refractivity contribution in [3.05, 3.63) is 33.3 Å². The molecule has 1 heterocycles. The monoisotopic (exact) mass is 401 g/mol. The number of amides is 1. The molecule has 1 aromatic carbocycles. The zero-order valence-electron chi connectivity index (χ0n) is 13.5. The third kappa shape index (κ3) is 6.15. The lowest BCUT2D eigenvalue weighted by molar-refractivity contribution is -0.383. The second-order valence-corrected chi connectivity index (χ2v) is 8.04. The van der Waals surface area contributed by atoms with Gasteiger partial charge >= 0.3 is 0 Å². The molecule has 0 fully saturated rings. The summed E-state index contributed by atoms with van der Waals surface area (Å²) in [5.74, 6) is 0.182. The van der Waals surface area contributed by atoms with Crippen LogP contribution >= 0.6 is 34.7 Å². The zero-order chi connectivity index (χ0) is 18.4. The third-order valence-electron chi connectivity index (χ3n) is 2.83. The van der Waals surface area contributed by atoms with Gasteiger partial charge in [-0.3, -0.25) is 14.9 Å². The molecule has 0 radical (unpaired) electrons. The Labute approximate surface area is 157 Å². The van der Waals surface area contributed by atoms with E-state index in [0.29, 0.717) is 15.4 Å². The Balaban J connectivity index is 1.90. The lowest BCUT2D eigenvalue weighted by Gasteiger charge is -2.05. The summed E-state index contributed by atoms with van der Waals surface area (Å²) in [7, 11) is 0. The maximum Gasteiger partial charge on any atom is 0.294 e. The topological polar surface area (TPSA) is 110 Å². The molecule has 25 heavy (non-hydrogen) atoms. The number of hydrogen-bond acceptors (Lipinski definition) is 8. The highest BCUT2D eigenvalue weighted by atomic mass is 35.5. The van der Waals surface area contributed by atoms with Crippen LogP contribution in [0.5, 0.6) is 0 Å². The summed E-state index contributed by atoms with van der Waals surface area (Å²) < 4.78 is 0.645. The molecular formula is C14H16ClN5O3S2. The molecule has 0 unspecified atom stereocenters. The summed E-state index contributed by atoms with van der Waals surface area (Å²) in [5.41, 5.74) is -0.140. The molecule has 11 heteroatoms. The molecule has 0 aliphatic rings. The van der Waals surface area contributed by atoms with E-state index >= 15 is 0 Å². The number of thioether (sulfide) groups is 1. The van der Waals surface area contributed by atoms with Crippen LogP contribution in [0.15, 0.2) is 22.5 Å². The Kier molecular flexibility index (Phi) is 6.97. The van der Waals surface area contributed by atoms with Crippen molar-refractivity contribution >= 4 is 57.1 Å². The van der Waals surface area contributed by atoms with Crippen molar-refractivity contribution in [2.75, 3.05) is 22.9 Å². The minimum atomic E-state index is -0.591. The number of anilines is 2. The van der Waals surface area contributed by atoms with E-state index < -0.39 is 4.92 Å². The fourth-order valence-corrected chi connectivity index (χ4v) is 3.43. The average molecular weight is 402 g/mol. The highest BCUT2D eigenvalue weighted by Gasteiger charge is 2.17. The van der Waals surface area contributed by atoms with E-state index in [1.165, 1.54) is 41.3 Å². The molecular weight excluding hydrogens is 386 g/mol. The minimum Gasteiger partial charge on any atom is -0.360 e. The second-order valence-electron chi connectivity index (χ2n) is 5.40. The van der Waals surface area contributed by atoms with Crippen LogP contribution < -0.4 is 10.6 Å². The molecule has 0 spiro atoms. The van der Waals surface area contributed by atoms with E-state index in [9.17, 15) is 14.9 Å². The van der Waals surface area contributed by atoms with Gasteiger partial charge in [0.05, 0.1) is 10.7 Å². The first-order valence-corrected chi connectivity index (χ1v) is 9.47. The SMILES string of the molecule is CC(C)CNc1nnc(SCC(=O)Nc2ccc(Cl)cc2[N+](=O)[O-])s1. The summed E-state index contributed by atoms with van der Waals surface area (Å²) in [6, 6.07) is 4.08. The van der Waals surface area contributed by atoms with Crippen molar-refractivity contribution in [2.24, 2.45) is 5.92 Å². The second kappa shape index (κ2) is 8.97. The molecule has 8 nitrogen and oxygen atoms in total. The predicted molar refractivity (Wildman–Crippen MR) is 101 cm³/mol. The summed E-state index contributed by atoms with van der Waals surface area (Å²) in [6.45, 7) is 4.97. The van der Waals surface area contributed by atoms with Crippen molar-refractivity contribution in [3.63, 3.8) is 0 Å². The van der Waals surface area contributed by atoms with Gasteiger partial charge in [0.25, 0.3) is 5.69 Å². The fraction of sp³-hybridized carbons (Fsp3) is 0.357.